The van der Waals surface area contributed by atoms with Gasteiger partial charge in [-0.2, -0.15) is 0 Å². The van der Waals surface area contributed by atoms with E-state index in [1.807, 2.05) is 0 Å². The van der Waals surface area contributed by atoms with Gasteiger partial charge in [0.15, 0.2) is 6.04 Å². The van der Waals surface area contributed by atoms with Gasteiger partial charge in [0.25, 0.3) is 0 Å². The van der Waals surface area contributed by atoms with Crippen LogP contribution >= 0.6 is 7.82 Å². The number of phosphoric acid groups is 1. The maximum atomic E-state index is 12.1. The minimum Gasteiger partial charge on any atom is -0.480 e. The summed E-state index contributed by atoms with van der Waals surface area (Å²) in [5.74, 6) is -2.41. The number of hydrogen-bond donors (Lipinski definition) is 4. The van der Waals surface area contributed by atoms with E-state index in [0.29, 0.717) is 12.8 Å². The molecule has 0 rings (SSSR count). The number of aliphatic carboxylic acids is 1. The van der Waals surface area contributed by atoms with E-state index in [1.54, 1.807) is 0 Å². The van der Waals surface area contributed by atoms with Gasteiger partial charge in [-0.15, -0.1) is 0 Å². The van der Waals surface area contributed by atoms with Gasteiger partial charge in [0.2, 0.25) is 5.91 Å². The van der Waals surface area contributed by atoms with E-state index >= 15 is 0 Å². The Balaban J connectivity index is 4.14. The van der Waals surface area contributed by atoms with Crippen molar-refractivity contribution in [1.82, 2.24) is 5.32 Å². The molecule has 1 amide bonds. The number of carboxylic acid groups (broad SMARTS) is 1. The molecule has 0 saturated carbocycles. The molecule has 0 fully saturated rings. The molecule has 0 aromatic heterocycles. The first-order chi connectivity index (χ1) is 18.6. The number of amides is 1. The van der Waals surface area contributed by atoms with E-state index in [2.05, 4.69) is 40.4 Å². The number of carboxylic acids is 1. The highest BCUT2D eigenvalue weighted by atomic mass is 31.2. The molecular weight excluding hydrogens is 529 g/mol. The lowest BCUT2D eigenvalue weighted by Gasteiger charge is -2.18. The van der Waals surface area contributed by atoms with Crippen LogP contribution in [-0.4, -0.2) is 64.9 Å². The third-order valence-electron chi connectivity index (χ3n) is 5.79. The second-order valence-electron chi connectivity index (χ2n) is 9.59. The van der Waals surface area contributed by atoms with Crippen molar-refractivity contribution >= 4 is 25.7 Å². The third-order valence-corrected chi connectivity index (χ3v) is 6.74. The number of hydrogen-bond acceptors (Lipinski definition) is 8. The largest absolute Gasteiger partial charge is 0.480 e. The Morgan fingerprint density at radius 2 is 1.38 bits per heavy atom. The number of unbranched alkanes of at least 4 members (excludes halogenated alkanes) is 10. The van der Waals surface area contributed by atoms with Gasteiger partial charge in [0.1, 0.15) is 12.7 Å². The Morgan fingerprint density at radius 3 is 2.05 bits per heavy atom. The highest BCUT2D eigenvalue weighted by molar-refractivity contribution is 7.47. The molecule has 12 heteroatoms. The second kappa shape index (κ2) is 24.1. The summed E-state index contributed by atoms with van der Waals surface area (Å²) in [5.41, 5.74) is 0. The van der Waals surface area contributed by atoms with Gasteiger partial charge < -0.3 is 25.2 Å². The summed E-state index contributed by atoms with van der Waals surface area (Å²) in [6.07, 6.45) is 16.1. The number of esters is 1. The quantitative estimate of drug-likeness (QED) is 0.0471. The Hall–Kier alpha value is -1.78. The number of ether oxygens (including phenoxy) is 1. The Morgan fingerprint density at radius 1 is 0.795 bits per heavy atom. The summed E-state index contributed by atoms with van der Waals surface area (Å²) in [6.45, 7) is 2.34. The zero-order valence-electron chi connectivity index (χ0n) is 23.7. The maximum absolute atomic E-state index is 12.1. The first kappa shape index (κ1) is 37.2. The Labute approximate surface area is 233 Å². The predicted octanol–water partition coefficient (Wildman–Crippen LogP) is 5.04. The first-order valence-electron chi connectivity index (χ1n) is 14.2. The molecule has 4 N–H and O–H groups in total. The van der Waals surface area contributed by atoms with Crippen molar-refractivity contribution in [2.24, 2.45) is 0 Å². The molecule has 228 valence electrons. The molecule has 0 saturated heterocycles. The summed E-state index contributed by atoms with van der Waals surface area (Å²) in [6, 6.07) is -1.54. The fourth-order valence-electron chi connectivity index (χ4n) is 3.49. The van der Waals surface area contributed by atoms with Crippen molar-refractivity contribution in [2.75, 3.05) is 19.8 Å². The number of carbonyl (C=O) groups is 3. The number of allylic oxidation sites excluding steroid dienone is 2. The van der Waals surface area contributed by atoms with E-state index in [4.69, 9.17) is 4.74 Å². The molecule has 39 heavy (non-hydrogen) atoms. The summed E-state index contributed by atoms with van der Waals surface area (Å²) in [7, 11) is -4.73. The van der Waals surface area contributed by atoms with Gasteiger partial charge in [0.05, 0.1) is 13.2 Å². The van der Waals surface area contributed by atoms with Crippen LogP contribution < -0.4 is 5.32 Å². The second-order valence-corrected chi connectivity index (χ2v) is 11.0. The van der Waals surface area contributed by atoms with Crippen molar-refractivity contribution in [3.63, 3.8) is 0 Å². The van der Waals surface area contributed by atoms with Crippen LogP contribution in [0.15, 0.2) is 12.2 Å². The van der Waals surface area contributed by atoms with Gasteiger partial charge in [-0.25, -0.2) is 9.36 Å². The molecule has 0 aliphatic rings. The van der Waals surface area contributed by atoms with Crippen LogP contribution in [0, 0.1) is 0 Å². The van der Waals surface area contributed by atoms with Crippen molar-refractivity contribution in [3.8, 4) is 0 Å². The number of phosphoric ester groups is 1. The SMILES string of the molecule is CCC/C=C\CCCCCCCC(=O)NC(COP(=O)(O)OCC(O)COC(=O)CCCCCCC)C(=O)O. The lowest BCUT2D eigenvalue weighted by molar-refractivity contribution is -0.147. The maximum Gasteiger partial charge on any atom is 0.472 e. The van der Waals surface area contributed by atoms with Crippen LogP contribution in [0.25, 0.3) is 0 Å². The van der Waals surface area contributed by atoms with Crippen LogP contribution in [0.3, 0.4) is 0 Å². The van der Waals surface area contributed by atoms with Gasteiger partial charge in [-0.05, 0) is 32.1 Å². The van der Waals surface area contributed by atoms with Crippen LogP contribution in [0.5, 0.6) is 0 Å². The van der Waals surface area contributed by atoms with Crippen molar-refractivity contribution in [2.45, 2.75) is 122 Å². The lowest BCUT2D eigenvalue weighted by atomic mass is 10.1. The van der Waals surface area contributed by atoms with E-state index in [0.717, 1.165) is 70.6 Å². The van der Waals surface area contributed by atoms with Crippen LogP contribution in [0.1, 0.15) is 110 Å². The zero-order valence-corrected chi connectivity index (χ0v) is 24.6. The molecular formula is C27H50NO10P. The average molecular weight is 580 g/mol. The highest BCUT2D eigenvalue weighted by Gasteiger charge is 2.28. The summed E-state index contributed by atoms with van der Waals surface area (Å²) in [4.78, 5) is 45.0. The first-order valence-corrected chi connectivity index (χ1v) is 15.7. The molecule has 0 aromatic carbocycles. The summed E-state index contributed by atoms with van der Waals surface area (Å²) >= 11 is 0. The third kappa shape index (κ3) is 23.8. The molecule has 0 spiro atoms. The van der Waals surface area contributed by atoms with Crippen LogP contribution in [0.2, 0.25) is 0 Å². The van der Waals surface area contributed by atoms with Gasteiger partial charge >= 0.3 is 19.8 Å². The highest BCUT2D eigenvalue weighted by Crippen LogP contribution is 2.43. The van der Waals surface area contributed by atoms with Crippen LogP contribution in [-0.2, 0) is 32.7 Å². The predicted molar refractivity (Wildman–Crippen MR) is 148 cm³/mol. The Bertz CT molecular complexity index is 746. The van der Waals surface area contributed by atoms with Crippen molar-refractivity contribution < 1.29 is 47.8 Å². The van der Waals surface area contributed by atoms with E-state index in [9.17, 15) is 34.1 Å². The van der Waals surface area contributed by atoms with Crippen molar-refractivity contribution in [1.29, 1.82) is 0 Å². The number of rotatable bonds is 26. The summed E-state index contributed by atoms with van der Waals surface area (Å²) in [5, 5.41) is 21.4. The molecule has 0 aliphatic carbocycles. The molecule has 0 aliphatic heterocycles. The molecule has 0 bridgehead atoms. The zero-order chi connectivity index (χ0) is 29.4. The number of aliphatic hydroxyl groups is 1. The van der Waals surface area contributed by atoms with Crippen molar-refractivity contribution in [3.05, 3.63) is 12.2 Å². The number of aliphatic hydroxyl groups excluding tert-OH is 1. The molecule has 3 atom stereocenters. The van der Waals surface area contributed by atoms with E-state index < -0.39 is 57.6 Å². The lowest BCUT2D eigenvalue weighted by Crippen LogP contribution is -2.43. The van der Waals surface area contributed by atoms with Gasteiger partial charge in [0, 0.05) is 12.8 Å². The van der Waals surface area contributed by atoms with Crippen LogP contribution in [0.4, 0.5) is 0 Å². The van der Waals surface area contributed by atoms with Gasteiger partial charge in [-0.3, -0.25) is 18.6 Å². The average Bonchev–Trinajstić information content (AvgIpc) is 2.89. The molecule has 3 unspecified atom stereocenters. The monoisotopic (exact) mass is 579 g/mol. The fourth-order valence-corrected chi connectivity index (χ4v) is 4.26. The number of nitrogens with one attached hydrogen (secondary N) is 1. The Kier molecular flexibility index (Phi) is 23.0. The van der Waals surface area contributed by atoms with Gasteiger partial charge in [-0.1, -0.05) is 77.4 Å². The molecule has 0 aromatic rings. The molecule has 0 heterocycles. The summed E-state index contributed by atoms with van der Waals surface area (Å²) < 4.78 is 26.3. The minimum atomic E-state index is -4.73. The molecule has 11 nitrogen and oxygen atoms in total. The molecule has 0 radical (unpaired) electrons. The van der Waals surface area contributed by atoms with E-state index in [1.165, 1.54) is 0 Å². The normalized spacial score (nSPS) is 14.6. The minimum absolute atomic E-state index is 0.136. The standard InChI is InChI=1S/C27H50NO10P/c1-3-5-7-9-10-11-12-13-15-16-18-25(30)28-24(27(32)33)22-38-39(34,35)37-21-23(29)20-36-26(31)19-17-14-8-6-4-2/h7,9,23-24,29H,3-6,8,10-22H2,1-2H3,(H,28,30)(H,32,33)(H,34,35)/b9-7-. The topological polar surface area (TPSA) is 169 Å². The smallest absolute Gasteiger partial charge is 0.472 e. The van der Waals surface area contributed by atoms with E-state index in [-0.39, 0.29) is 12.8 Å². The fraction of sp³-hybridized carbons (Fsp3) is 0.815. The number of carbonyl (C=O) groups excluding carboxylic acids is 2.